The van der Waals surface area contributed by atoms with Crippen LogP contribution in [0.25, 0.3) is 22.5 Å². The minimum absolute atomic E-state index is 0.0888. The predicted molar refractivity (Wildman–Crippen MR) is 97.6 cm³/mol. The standard InChI is InChI=1S/C19H21N5O2/c25-16(24-9-7-19(5-6-19)8-10-24)12-20-18-23-22-17(26-18)15-11-13-3-1-2-4-14(13)21-15/h1-4,11,21H,5-10,12H2,(H,20,23). The molecular formula is C19H21N5O2. The third kappa shape index (κ3) is 2.83. The van der Waals surface area contributed by atoms with Crippen LogP contribution in [0.2, 0.25) is 0 Å². The number of H-pyrrole nitrogens is 1. The zero-order chi connectivity index (χ0) is 17.6. The van der Waals surface area contributed by atoms with Gasteiger partial charge in [-0.15, -0.1) is 5.10 Å². The number of para-hydroxylation sites is 1. The normalized spacial score (nSPS) is 18.4. The highest BCUT2D eigenvalue weighted by molar-refractivity contribution is 5.84. The van der Waals surface area contributed by atoms with Gasteiger partial charge >= 0.3 is 6.01 Å². The van der Waals surface area contributed by atoms with E-state index in [1.165, 1.54) is 12.8 Å². The Hall–Kier alpha value is -2.83. The van der Waals surface area contributed by atoms with E-state index in [-0.39, 0.29) is 18.5 Å². The molecule has 2 aromatic heterocycles. The molecule has 0 radical (unpaired) electrons. The SMILES string of the molecule is O=C(CNc1nnc(-c2cc3ccccc3[nH]2)o1)N1CCC2(CC1)CC2. The van der Waals surface area contributed by atoms with Crippen molar-refractivity contribution in [1.29, 1.82) is 0 Å². The molecule has 1 aliphatic heterocycles. The lowest BCUT2D eigenvalue weighted by atomic mass is 9.94. The van der Waals surface area contributed by atoms with Crippen molar-refractivity contribution < 1.29 is 9.21 Å². The molecule has 1 saturated carbocycles. The fourth-order valence-electron chi connectivity index (χ4n) is 3.76. The van der Waals surface area contributed by atoms with Crippen LogP contribution in [0.3, 0.4) is 0 Å². The lowest BCUT2D eigenvalue weighted by molar-refractivity contribution is -0.130. The van der Waals surface area contributed by atoms with E-state index in [0.717, 1.165) is 42.5 Å². The number of nitrogens with zero attached hydrogens (tertiary/aromatic N) is 3. The average Bonchev–Trinajstić information content (AvgIpc) is 3.11. The molecule has 7 nitrogen and oxygen atoms in total. The largest absolute Gasteiger partial charge is 0.402 e. The number of aromatic nitrogens is 3. The Morgan fingerprint density at radius 2 is 2.00 bits per heavy atom. The third-order valence-electron chi connectivity index (χ3n) is 5.71. The van der Waals surface area contributed by atoms with Gasteiger partial charge in [0.05, 0.1) is 6.54 Å². The van der Waals surface area contributed by atoms with Crippen molar-refractivity contribution in [2.24, 2.45) is 5.41 Å². The fourth-order valence-corrected chi connectivity index (χ4v) is 3.76. The quantitative estimate of drug-likeness (QED) is 0.754. The molecule has 1 saturated heterocycles. The lowest BCUT2D eigenvalue weighted by Crippen LogP contribution is -2.41. The highest BCUT2D eigenvalue weighted by Crippen LogP contribution is 2.53. The number of anilines is 1. The summed E-state index contributed by atoms with van der Waals surface area (Å²) in [5.41, 5.74) is 2.36. The summed E-state index contributed by atoms with van der Waals surface area (Å²) < 4.78 is 5.64. The minimum Gasteiger partial charge on any atom is -0.402 e. The molecule has 2 N–H and O–H groups in total. The van der Waals surface area contributed by atoms with Gasteiger partial charge in [0.25, 0.3) is 5.89 Å². The number of hydrogen-bond donors (Lipinski definition) is 2. The first kappa shape index (κ1) is 15.4. The molecule has 2 fully saturated rings. The number of piperidine rings is 1. The van der Waals surface area contributed by atoms with E-state index in [1.54, 1.807) is 0 Å². The number of aromatic amines is 1. The number of carbonyl (C=O) groups is 1. The van der Waals surface area contributed by atoms with E-state index >= 15 is 0 Å². The lowest BCUT2D eigenvalue weighted by Gasteiger charge is -2.32. The van der Waals surface area contributed by atoms with Gasteiger partial charge in [-0.2, -0.15) is 0 Å². The topological polar surface area (TPSA) is 87.0 Å². The summed E-state index contributed by atoms with van der Waals surface area (Å²) in [5, 5.41) is 12.1. The maximum absolute atomic E-state index is 12.4. The van der Waals surface area contributed by atoms with Gasteiger partial charge in [-0.3, -0.25) is 4.79 Å². The van der Waals surface area contributed by atoms with Crippen LogP contribution in [0.4, 0.5) is 6.01 Å². The van der Waals surface area contributed by atoms with Crippen molar-refractivity contribution in [3.8, 4) is 11.6 Å². The Bertz CT molecular complexity index is 913. The smallest absolute Gasteiger partial charge is 0.316 e. The molecule has 3 heterocycles. The summed E-state index contributed by atoms with van der Waals surface area (Å²) in [6.07, 6.45) is 4.96. The van der Waals surface area contributed by atoms with E-state index in [0.29, 0.717) is 11.3 Å². The van der Waals surface area contributed by atoms with Crippen molar-refractivity contribution in [2.45, 2.75) is 25.7 Å². The Labute approximate surface area is 150 Å². The molecule has 2 aliphatic rings. The fraction of sp³-hybridized carbons (Fsp3) is 0.421. The highest BCUT2D eigenvalue weighted by Gasteiger charge is 2.44. The zero-order valence-corrected chi connectivity index (χ0v) is 14.5. The van der Waals surface area contributed by atoms with Crippen LogP contribution in [0.1, 0.15) is 25.7 Å². The van der Waals surface area contributed by atoms with E-state index in [1.807, 2.05) is 35.2 Å². The third-order valence-corrected chi connectivity index (χ3v) is 5.71. The summed E-state index contributed by atoms with van der Waals surface area (Å²) in [4.78, 5) is 17.6. The number of carbonyl (C=O) groups excluding carboxylic acids is 1. The number of rotatable bonds is 4. The maximum Gasteiger partial charge on any atom is 0.316 e. The summed E-state index contributed by atoms with van der Waals surface area (Å²) >= 11 is 0. The van der Waals surface area contributed by atoms with Gasteiger partial charge in [0, 0.05) is 24.0 Å². The van der Waals surface area contributed by atoms with Crippen LogP contribution >= 0.6 is 0 Å². The minimum atomic E-state index is 0.0888. The summed E-state index contributed by atoms with van der Waals surface area (Å²) in [6.45, 7) is 1.91. The summed E-state index contributed by atoms with van der Waals surface area (Å²) in [7, 11) is 0. The van der Waals surface area contributed by atoms with Crippen LogP contribution in [-0.2, 0) is 4.79 Å². The number of benzene rings is 1. The van der Waals surface area contributed by atoms with Crippen molar-refractivity contribution >= 4 is 22.8 Å². The Balaban J connectivity index is 1.21. The monoisotopic (exact) mass is 351 g/mol. The van der Waals surface area contributed by atoms with Gasteiger partial charge in [0.2, 0.25) is 5.91 Å². The average molecular weight is 351 g/mol. The van der Waals surface area contributed by atoms with E-state index < -0.39 is 0 Å². The van der Waals surface area contributed by atoms with Crippen LogP contribution in [0.5, 0.6) is 0 Å². The second kappa shape index (κ2) is 5.86. The van der Waals surface area contributed by atoms with Crippen molar-refractivity contribution in [1.82, 2.24) is 20.1 Å². The van der Waals surface area contributed by atoms with Gasteiger partial charge in [0.1, 0.15) is 5.69 Å². The molecule has 1 amide bonds. The zero-order valence-electron chi connectivity index (χ0n) is 14.5. The molecule has 3 aromatic rings. The summed E-state index contributed by atoms with van der Waals surface area (Å²) in [5.74, 6) is 0.496. The van der Waals surface area contributed by atoms with E-state index in [9.17, 15) is 4.79 Å². The molecule has 26 heavy (non-hydrogen) atoms. The van der Waals surface area contributed by atoms with Crippen LogP contribution in [0, 0.1) is 5.41 Å². The number of hydrogen-bond acceptors (Lipinski definition) is 5. The van der Waals surface area contributed by atoms with Gasteiger partial charge in [-0.05, 0) is 43.2 Å². The first-order chi connectivity index (χ1) is 12.7. The molecule has 0 unspecified atom stereocenters. The van der Waals surface area contributed by atoms with Crippen molar-refractivity contribution in [3.63, 3.8) is 0 Å². The summed E-state index contributed by atoms with van der Waals surface area (Å²) in [6, 6.07) is 10.2. The number of nitrogens with one attached hydrogen (secondary N) is 2. The van der Waals surface area contributed by atoms with Crippen LogP contribution in [0.15, 0.2) is 34.7 Å². The second-order valence-corrected chi connectivity index (χ2v) is 7.42. The van der Waals surface area contributed by atoms with Gasteiger partial charge in [-0.25, -0.2) is 0 Å². The molecule has 5 rings (SSSR count). The molecule has 0 atom stereocenters. The molecule has 1 spiro atoms. The van der Waals surface area contributed by atoms with Crippen LogP contribution < -0.4 is 5.32 Å². The van der Waals surface area contributed by atoms with Gasteiger partial charge in [0.15, 0.2) is 0 Å². The highest BCUT2D eigenvalue weighted by atomic mass is 16.4. The molecular weight excluding hydrogens is 330 g/mol. The molecule has 7 heteroatoms. The van der Waals surface area contributed by atoms with Crippen molar-refractivity contribution in [3.05, 3.63) is 30.3 Å². The molecule has 134 valence electrons. The maximum atomic E-state index is 12.4. The number of amides is 1. The number of likely N-dealkylation sites (tertiary alicyclic amines) is 1. The van der Waals surface area contributed by atoms with Crippen molar-refractivity contribution in [2.75, 3.05) is 25.0 Å². The molecule has 1 aromatic carbocycles. The Kier molecular flexibility index (Phi) is 3.48. The Morgan fingerprint density at radius 1 is 1.19 bits per heavy atom. The van der Waals surface area contributed by atoms with E-state index in [2.05, 4.69) is 20.5 Å². The van der Waals surface area contributed by atoms with Gasteiger partial charge in [-0.1, -0.05) is 23.3 Å². The first-order valence-electron chi connectivity index (χ1n) is 9.14. The Morgan fingerprint density at radius 3 is 2.77 bits per heavy atom. The van der Waals surface area contributed by atoms with E-state index in [4.69, 9.17) is 4.42 Å². The first-order valence-corrected chi connectivity index (χ1v) is 9.14. The molecule has 0 bridgehead atoms. The number of fused-ring (bicyclic) bond motifs is 1. The van der Waals surface area contributed by atoms with Gasteiger partial charge < -0.3 is 19.6 Å². The molecule has 1 aliphatic carbocycles. The second-order valence-electron chi connectivity index (χ2n) is 7.42. The van der Waals surface area contributed by atoms with Crippen LogP contribution in [-0.4, -0.2) is 45.6 Å². The predicted octanol–water partition coefficient (Wildman–Crippen LogP) is 3.03.